The molecule has 7 nitrogen and oxygen atoms in total. The Hall–Kier alpha value is -3.22. The molecule has 7 heteroatoms. The van der Waals surface area contributed by atoms with Gasteiger partial charge >= 0.3 is 0 Å². The van der Waals surface area contributed by atoms with E-state index in [4.69, 9.17) is 5.21 Å². The molecule has 1 heterocycles. The predicted octanol–water partition coefficient (Wildman–Crippen LogP) is 2.14. The molecule has 0 radical (unpaired) electrons. The van der Waals surface area contributed by atoms with Crippen LogP contribution in [0.2, 0.25) is 0 Å². The summed E-state index contributed by atoms with van der Waals surface area (Å²) in [6.45, 7) is 3.31. The van der Waals surface area contributed by atoms with Gasteiger partial charge in [-0.25, -0.2) is 10.4 Å². The number of nitrogens with one attached hydrogen (secondary N) is 1. The number of pyridine rings is 1. The summed E-state index contributed by atoms with van der Waals surface area (Å²) in [5.74, 6) is -0.639. The van der Waals surface area contributed by atoms with Crippen molar-refractivity contribution < 1.29 is 15.1 Å². The lowest BCUT2D eigenvalue weighted by molar-refractivity contribution is 0.0952. The zero-order chi connectivity index (χ0) is 16.8. The highest BCUT2D eigenvalue weighted by molar-refractivity contribution is 6.02. The van der Waals surface area contributed by atoms with E-state index in [0.717, 1.165) is 0 Å². The Morgan fingerprint density at radius 1 is 1.04 bits per heavy atom. The number of para-hydroxylation sites is 1. The Kier molecular flexibility index (Phi) is 5.03. The fourth-order valence-electron chi connectivity index (χ4n) is 1.81. The Morgan fingerprint density at radius 2 is 1.70 bits per heavy atom. The predicted molar refractivity (Wildman–Crippen MR) is 86.0 cm³/mol. The van der Waals surface area contributed by atoms with Gasteiger partial charge in [0.05, 0.1) is 22.7 Å². The van der Waals surface area contributed by atoms with Crippen molar-refractivity contribution in [3.8, 4) is 5.75 Å². The molecule has 0 spiro atoms. The molecule has 2 aromatic rings. The van der Waals surface area contributed by atoms with Crippen LogP contribution in [0.3, 0.4) is 0 Å². The molecule has 0 aliphatic rings. The number of oxime groups is 1. The number of rotatable bonds is 4. The van der Waals surface area contributed by atoms with Gasteiger partial charge in [0.2, 0.25) is 0 Å². The lowest BCUT2D eigenvalue weighted by Gasteiger charge is -2.05. The molecule has 118 valence electrons. The number of amides is 1. The molecule has 23 heavy (non-hydrogen) atoms. The summed E-state index contributed by atoms with van der Waals surface area (Å²) < 4.78 is 0. The number of hydrogen-bond acceptors (Lipinski definition) is 6. The van der Waals surface area contributed by atoms with E-state index in [1.54, 1.807) is 44.2 Å². The first kappa shape index (κ1) is 16.2. The van der Waals surface area contributed by atoms with Gasteiger partial charge in [-0.15, -0.1) is 0 Å². The van der Waals surface area contributed by atoms with E-state index in [0.29, 0.717) is 22.8 Å². The highest BCUT2D eigenvalue weighted by atomic mass is 16.4. The van der Waals surface area contributed by atoms with Crippen molar-refractivity contribution in [3.63, 3.8) is 0 Å². The minimum absolute atomic E-state index is 0.118. The summed E-state index contributed by atoms with van der Waals surface area (Å²) in [4.78, 5) is 16.3. The van der Waals surface area contributed by atoms with Crippen molar-refractivity contribution in [1.29, 1.82) is 0 Å². The molecular formula is C16H16N4O3. The fraction of sp³-hybridized carbons (Fsp3) is 0.125. The number of phenolic OH excluding ortho intramolecular Hbond substituents is 1. The summed E-state index contributed by atoms with van der Waals surface area (Å²) in [6.07, 6.45) is 0. The van der Waals surface area contributed by atoms with Gasteiger partial charge in [0, 0.05) is 0 Å². The molecule has 0 atom stereocenters. The quantitative estimate of drug-likeness (QED) is 0.456. The number of aromatic hydroxyl groups is 1. The van der Waals surface area contributed by atoms with Gasteiger partial charge in [-0.05, 0) is 38.1 Å². The molecule has 0 bridgehead atoms. The summed E-state index contributed by atoms with van der Waals surface area (Å²) in [5, 5.41) is 25.5. The summed E-state index contributed by atoms with van der Waals surface area (Å²) in [7, 11) is 0. The number of hydrazone groups is 1. The van der Waals surface area contributed by atoms with E-state index in [-0.39, 0.29) is 11.3 Å². The average Bonchev–Trinajstić information content (AvgIpc) is 2.59. The first-order chi connectivity index (χ1) is 11.0. The maximum Gasteiger partial charge on any atom is 0.275 e. The summed E-state index contributed by atoms with van der Waals surface area (Å²) in [6, 6.07) is 11.4. The lowest BCUT2D eigenvalue weighted by Crippen LogP contribution is -2.20. The Balaban J connectivity index is 2.17. The lowest BCUT2D eigenvalue weighted by atomic mass is 10.2. The first-order valence-electron chi connectivity index (χ1n) is 6.82. The summed E-state index contributed by atoms with van der Waals surface area (Å²) in [5.41, 5.74) is 4.39. The zero-order valence-electron chi connectivity index (χ0n) is 12.7. The Morgan fingerprint density at radius 3 is 2.35 bits per heavy atom. The second-order valence-electron chi connectivity index (χ2n) is 4.75. The molecule has 1 aromatic heterocycles. The van der Waals surface area contributed by atoms with Crippen LogP contribution in [-0.4, -0.2) is 32.6 Å². The topological polar surface area (TPSA) is 107 Å². The van der Waals surface area contributed by atoms with Gasteiger partial charge < -0.3 is 10.3 Å². The molecule has 0 fully saturated rings. The van der Waals surface area contributed by atoms with Crippen LogP contribution in [0.1, 0.15) is 35.6 Å². The van der Waals surface area contributed by atoms with Gasteiger partial charge in [0.15, 0.2) is 0 Å². The SMILES string of the molecule is C/C(=N\O)c1cccc(/C(C)=N/NC(=O)c2ccccc2O)n1. The third-order valence-electron chi connectivity index (χ3n) is 3.11. The standard InChI is InChI=1S/C16H16N4O3/c1-10(13-7-5-8-14(17-13)11(2)20-23)18-19-16(22)12-6-3-4-9-15(12)21/h3-9,21,23H,1-2H3,(H,19,22)/b18-10+,20-11+. The van der Waals surface area contributed by atoms with Gasteiger partial charge in [0.1, 0.15) is 11.5 Å². The largest absolute Gasteiger partial charge is 0.507 e. The fourth-order valence-corrected chi connectivity index (χ4v) is 1.81. The van der Waals surface area contributed by atoms with Crippen LogP contribution in [-0.2, 0) is 0 Å². The Bertz CT molecular complexity index is 784. The van der Waals surface area contributed by atoms with E-state index in [2.05, 4.69) is 20.7 Å². The summed E-state index contributed by atoms with van der Waals surface area (Å²) >= 11 is 0. The average molecular weight is 312 g/mol. The number of carbonyl (C=O) groups is 1. The number of aromatic nitrogens is 1. The second kappa shape index (κ2) is 7.17. The second-order valence-corrected chi connectivity index (χ2v) is 4.75. The third-order valence-corrected chi connectivity index (χ3v) is 3.11. The van der Waals surface area contributed by atoms with Crippen molar-refractivity contribution in [2.45, 2.75) is 13.8 Å². The van der Waals surface area contributed by atoms with Crippen LogP contribution in [0.4, 0.5) is 0 Å². The van der Waals surface area contributed by atoms with Crippen LogP contribution >= 0.6 is 0 Å². The number of nitrogens with zero attached hydrogens (tertiary/aromatic N) is 3. The first-order valence-corrected chi connectivity index (χ1v) is 6.82. The molecule has 0 aliphatic carbocycles. The molecule has 0 unspecified atom stereocenters. The van der Waals surface area contributed by atoms with Crippen molar-refractivity contribution in [1.82, 2.24) is 10.4 Å². The van der Waals surface area contributed by atoms with Crippen molar-refractivity contribution in [2.75, 3.05) is 0 Å². The normalized spacial score (nSPS) is 12.1. The zero-order valence-corrected chi connectivity index (χ0v) is 12.7. The van der Waals surface area contributed by atoms with Crippen LogP contribution in [0.25, 0.3) is 0 Å². The third kappa shape index (κ3) is 3.91. The smallest absolute Gasteiger partial charge is 0.275 e. The van der Waals surface area contributed by atoms with Crippen LogP contribution in [0.15, 0.2) is 52.7 Å². The van der Waals surface area contributed by atoms with Crippen LogP contribution < -0.4 is 5.43 Å². The van der Waals surface area contributed by atoms with Gasteiger partial charge in [-0.2, -0.15) is 5.10 Å². The monoisotopic (exact) mass is 312 g/mol. The number of carbonyl (C=O) groups excluding carboxylic acids is 1. The van der Waals surface area contributed by atoms with E-state index in [1.807, 2.05) is 0 Å². The number of phenols is 1. The van der Waals surface area contributed by atoms with Gasteiger partial charge in [0.25, 0.3) is 5.91 Å². The molecule has 1 amide bonds. The van der Waals surface area contributed by atoms with Gasteiger partial charge in [-0.3, -0.25) is 4.79 Å². The van der Waals surface area contributed by atoms with Crippen molar-refractivity contribution >= 4 is 17.3 Å². The highest BCUT2D eigenvalue weighted by Gasteiger charge is 2.10. The van der Waals surface area contributed by atoms with Crippen molar-refractivity contribution in [2.24, 2.45) is 10.3 Å². The van der Waals surface area contributed by atoms with E-state index < -0.39 is 5.91 Å². The van der Waals surface area contributed by atoms with E-state index in [9.17, 15) is 9.90 Å². The van der Waals surface area contributed by atoms with Crippen LogP contribution in [0, 0.1) is 0 Å². The molecule has 0 aliphatic heterocycles. The molecule has 3 N–H and O–H groups in total. The molecule has 2 rings (SSSR count). The highest BCUT2D eigenvalue weighted by Crippen LogP contribution is 2.15. The minimum atomic E-state index is -0.522. The van der Waals surface area contributed by atoms with Crippen molar-refractivity contribution in [3.05, 3.63) is 59.4 Å². The van der Waals surface area contributed by atoms with Crippen LogP contribution in [0.5, 0.6) is 5.75 Å². The number of benzene rings is 1. The maximum atomic E-state index is 12.0. The van der Waals surface area contributed by atoms with E-state index >= 15 is 0 Å². The maximum absolute atomic E-state index is 12.0. The molecular weight excluding hydrogens is 296 g/mol. The minimum Gasteiger partial charge on any atom is -0.507 e. The number of hydrogen-bond donors (Lipinski definition) is 3. The molecule has 0 saturated carbocycles. The van der Waals surface area contributed by atoms with Gasteiger partial charge in [-0.1, -0.05) is 23.4 Å². The molecule has 1 aromatic carbocycles. The Labute approximate surface area is 133 Å². The van der Waals surface area contributed by atoms with E-state index in [1.165, 1.54) is 12.1 Å². The molecule has 0 saturated heterocycles.